The molecule has 0 saturated carbocycles. The third kappa shape index (κ3) is 4.46. The van der Waals surface area contributed by atoms with Gasteiger partial charge in [0.15, 0.2) is 16.6 Å². The maximum Gasteiger partial charge on any atom is 0.187 e. The summed E-state index contributed by atoms with van der Waals surface area (Å²) in [6, 6.07) is 15.1. The van der Waals surface area contributed by atoms with Crippen LogP contribution in [0.4, 0.5) is 0 Å². The molecule has 0 aliphatic carbocycles. The van der Waals surface area contributed by atoms with Gasteiger partial charge in [-0.25, -0.2) is 0 Å². The van der Waals surface area contributed by atoms with E-state index in [0.717, 1.165) is 5.56 Å². The van der Waals surface area contributed by atoms with Crippen molar-refractivity contribution in [2.24, 2.45) is 5.10 Å². The topological polar surface area (TPSA) is 65.9 Å². The zero-order valence-electron chi connectivity index (χ0n) is 12.1. The molecule has 22 heavy (non-hydrogen) atoms. The van der Waals surface area contributed by atoms with Crippen molar-refractivity contribution < 1.29 is 9.84 Å². The highest BCUT2D eigenvalue weighted by molar-refractivity contribution is 7.80. The van der Waals surface area contributed by atoms with Crippen LogP contribution in [0.1, 0.15) is 11.1 Å². The lowest BCUT2D eigenvalue weighted by Crippen LogP contribution is -2.31. The fourth-order valence-electron chi connectivity index (χ4n) is 1.79. The first-order valence-corrected chi connectivity index (χ1v) is 7.08. The number of ether oxygens (including phenoxy) is 1. The Morgan fingerprint density at radius 1 is 1.23 bits per heavy atom. The average Bonchev–Trinajstić information content (AvgIpc) is 2.55. The number of benzene rings is 2. The maximum absolute atomic E-state index is 9.91. The van der Waals surface area contributed by atoms with Crippen LogP contribution in [0.15, 0.2) is 53.6 Å². The van der Waals surface area contributed by atoms with Gasteiger partial charge in [0.2, 0.25) is 0 Å². The van der Waals surface area contributed by atoms with Crippen LogP contribution in [0.25, 0.3) is 0 Å². The van der Waals surface area contributed by atoms with Gasteiger partial charge in [-0.05, 0) is 29.9 Å². The van der Waals surface area contributed by atoms with Gasteiger partial charge in [-0.3, -0.25) is 5.43 Å². The second-order valence-corrected chi connectivity index (χ2v) is 4.84. The van der Waals surface area contributed by atoms with Crippen molar-refractivity contribution in [1.82, 2.24) is 10.7 Å². The molecule has 0 unspecified atom stereocenters. The Kier molecular flexibility index (Phi) is 5.73. The highest BCUT2D eigenvalue weighted by Gasteiger charge is 2.04. The summed E-state index contributed by atoms with van der Waals surface area (Å²) in [4.78, 5) is 0. The highest BCUT2D eigenvalue weighted by Crippen LogP contribution is 2.27. The molecular formula is C16H17N3O2S. The summed E-state index contributed by atoms with van der Waals surface area (Å²) in [5, 5.41) is 17.4. The van der Waals surface area contributed by atoms with Crippen molar-refractivity contribution in [2.45, 2.75) is 6.54 Å². The van der Waals surface area contributed by atoms with Crippen molar-refractivity contribution in [1.29, 1.82) is 0 Å². The number of nitrogens with zero attached hydrogens (tertiary/aromatic N) is 1. The van der Waals surface area contributed by atoms with E-state index in [9.17, 15) is 5.11 Å². The fraction of sp³-hybridized carbons (Fsp3) is 0.125. The minimum atomic E-state index is 0.0405. The molecule has 2 rings (SSSR count). The number of nitrogens with one attached hydrogen (secondary N) is 2. The van der Waals surface area contributed by atoms with Crippen molar-refractivity contribution in [2.75, 3.05) is 7.11 Å². The van der Waals surface area contributed by atoms with Gasteiger partial charge < -0.3 is 15.2 Å². The molecule has 0 atom stereocenters. The lowest BCUT2D eigenvalue weighted by Gasteiger charge is -2.07. The molecule has 0 amide bonds. The van der Waals surface area contributed by atoms with Gasteiger partial charge in [-0.1, -0.05) is 36.4 Å². The van der Waals surface area contributed by atoms with Gasteiger partial charge in [0, 0.05) is 12.1 Å². The predicted molar refractivity (Wildman–Crippen MR) is 91.3 cm³/mol. The molecule has 3 N–H and O–H groups in total. The summed E-state index contributed by atoms with van der Waals surface area (Å²) in [7, 11) is 1.50. The fourth-order valence-corrected chi connectivity index (χ4v) is 1.91. The van der Waals surface area contributed by atoms with Crippen LogP contribution in [0.3, 0.4) is 0 Å². The van der Waals surface area contributed by atoms with E-state index in [1.165, 1.54) is 13.3 Å². The second-order valence-electron chi connectivity index (χ2n) is 4.44. The smallest absolute Gasteiger partial charge is 0.187 e. The summed E-state index contributed by atoms with van der Waals surface area (Å²) in [5.41, 5.74) is 4.37. The molecule has 0 heterocycles. The van der Waals surface area contributed by atoms with E-state index in [1.807, 2.05) is 30.3 Å². The molecule has 0 aliphatic rings. The Balaban J connectivity index is 1.86. The van der Waals surface area contributed by atoms with E-state index in [4.69, 9.17) is 17.0 Å². The monoisotopic (exact) mass is 315 g/mol. The SMILES string of the molecule is COc1cccc(C=NNC(=S)NCc2ccccc2)c1O. The van der Waals surface area contributed by atoms with Gasteiger partial charge in [0.05, 0.1) is 13.3 Å². The summed E-state index contributed by atoms with van der Waals surface area (Å²) < 4.78 is 5.03. The normalized spacial score (nSPS) is 10.4. The van der Waals surface area contributed by atoms with E-state index < -0.39 is 0 Å². The number of hydrogen-bond acceptors (Lipinski definition) is 4. The van der Waals surface area contributed by atoms with Crippen molar-refractivity contribution in [3.63, 3.8) is 0 Å². The van der Waals surface area contributed by atoms with Gasteiger partial charge >= 0.3 is 0 Å². The molecule has 0 aromatic heterocycles. The lowest BCUT2D eigenvalue weighted by molar-refractivity contribution is 0.373. The molecule has 0 fully saturated rings. The van der Waals surface area contributed by atoms with Crippen LogP contribution in [-0.4, -0.2) is 23.5 Å². The second kappa shape index (κ2) is 7.99. The number of para-hydroxylation sites is 1. The summed E-state index contributed by atoms with van der Waals surface area (Å²) in [6.07, 6.45) is 1.48. The molecule has 0 aliphatic heterocycles. The Labute approximate surface area is 134 Å². The molecule has 0 saturated heterocycles. The quantitative estimate of drug-likeness (QED) is 0.449. The summed E-state index contributed by atoms with van der Waals surface area (Å²) >= 11 is 5.13. The largest absolute Gasteiger partial charge is 0.504 e. The van der Waals surface area contributed by atoms with Crippen molar-refractivity contribution in [3.05, 3.63) is 59.7 Å². The highest BCUT2D eigenvalue weighted by atomic mass is 32.1. The Bertz CT molecular complexity index is 660. The van der Waals surface area contributed by atoms with Crippen LogP contribution in [0.5, 0.6) is 11.5 Å². The van der Waals surface area contributed by atoms with E-state index in [0.29, 0.717) is 23.0 Å². The number of aromatic hydroxyl groups is 1. The van der Waals surface area contributed by atoms with Gasteiger partial charge in [0.1, 0.15) is 0 Å². The lowest BCUT2D eigenvalue weighted by atomic mass is 10.2. The third-order valence-corrected chi connectivity index (χ3v) is 3.15. The molecule has 6 heteroatoms. The molecule has 5 nitrogen and oxygen atoms in total. The molecule has 0 radical (unpaired) electrons. The van der Waals surface area contributed by atoms with E-state index in [-0.39, 0.29) is 5.75 Å². The summed E-state index contributed by atoms with van der Waals surface area (Å²) in [5.74, 6) is 0.437. The number of phenolic OH excluding ortho intramolecular Hbond substituents is 1. The van der Waals surface area contributed by atoms with E-state index in [2.05, 4.69) is 15.8 Å². The number of thiocarbonyl (C=S) groups is 1. The zero-order chi connectivity index (χ0) is 15.8. The maximum atomic E-state index is 9.91. The van der Waals surface area contributed by atoms with Crippen LogP contribution in [-0.2, 0) is 6.54 Å². The Morgan fingerprint density at radius 2 is 2.00 bits per heavy atom. The first-order chi connectivity index (χ1) is 10.7. The van der Waals surface area contributed by atoms with Crippen molar-refractivity contribution >= 4 is 23.5 Å². The minimum absolute atomic E-state index is 0.0405. The summed E-state index contributed by atoms with van der Waals surface area (Å²) in [6.45, 7) is 0.618. The van der Waals surface area contributed by atoms with Gasteiger partial charge in [-0.15, -0.1) is 0 Å². The van der Waals surface area contributed by atoms with Gasteiger partial charge in [0.25, 0.3) is 0 Å². The molecule has 0 spiro atoms. The number of hydrazone groups is 1. The van der Waals surface area contributed by atoms with Crippen LogP contribution in [0, 0.1) is 0 Å². The van der Waals surface area contributed by atoms with E-state index >= 15 is 0 Å². The first kappa shape index (κ1) is 15.8. The Morgan fingerprint density at radius 3 is 2.73 bits per heavy atom. The molecule has 114 valence electrons. The predicted octanol–water partition coefficient (Wildman–Crippen LogP) is 2.40. The molecule has 2 aromatic carbocycles. The third-order valence-electron chi connectivity index (χ3n) is 2.92. The Hall–Kier alpha value is -2.60. The molecule has 0 bridgehead atoms. The number of methoxy groups -OCH3 is 1. The first-order valence-electron chi connectivity index (χ1n) is 6.67. The average molecular weight is 315 g/mol. The van der Waals surface area contributed by atoms with Crippen molar-refractivity contribution in [3.8, 4) is 11.5 Å². The number of phenols is 1. The minimum Gasteiger partial charge on any atom is -0.504 e. The number of hydrogen-bond donors (Lipinski definition) is 3. The molecule has 2 aromatic rings. The van der Waals surface area contributed by atoms with Gasteiger partial charge in [-0.2, -0.15) is 5.10 Å². The molecular weight excluding hydrogens is 298 g/mol. The zero-order valence-corrected chi connectivity index (χ0v) is 12.9. The van der Waals surface area contributed by atoms with Crippen LogP contribution < -0.4 is 15.5 Å². The van der Waals surface area contributed by atoms with E-state index in [1.54, 1.807) is 18.2 Å². The van der Waals surface area contributed by atoms with Crippen LogP contribution >= 0.6 is 12.2 Å². The number of rotatable bonds is 5. The van der Waals surface area contributed by atoms with Crippen LogP contribution in [0.2, 0.25) is 0 Å². The standard InChI is InChI=1S/C16H17N3O2S/c1-21-14-9-5-8-13(15(14)20)11-18-19-16(22)17-10-12-6-3-2-4-7-12/h2-9,11,20H,10H2,1H3,(H2,17,19,22).